The van der Waals surface area contributed by atoms with E-state index in [4.69, 9.17) is 4.74 Å². The smallest absolute Gasteiger partial charge is 0.243 e. The lowest BCUT2D eigenvalue weighted by Gasteiger charge is -2.32. The van der Waals surface area contributed by atoms with Crippen LogP contribution < -0.4 is 10.1 Å². The average molecular weight is 487 g/mol. The van der Waals surface area contributed by atoms with E-state index in [9.17, 15) is 14.0 Å². The number of thioether (sulfide) groups is 1. The van der Waals surface area contributed by atoms with Crippen LogP contribution in [0.25, 0.3) is 0 Å². The zero-order chi connectivity index (χ0) is 24.3. The van der Waals surface area contributed by atoms with Gasteiger partial charge in [-0.2, -0.15) is 0 Å². The van der Waals surface area contributed by atoms with Gasteiger partial charge in [0.1, 0.15) is 17.6 Å². The highest BCUT2D eigenvalue weighted by atomic mass is 32.2. The summed E-state index contributed by atoms with van der Waals surface area (Å²) in [4.78, 5) is 28.3. The molecule has 2 amide bonds. The van der Waals surface area contributed by atoms with Crippen molar-refractivity contribution in [2.75, 3.05) is 12.9 Å². The molecule has 7 heteroatoms. The van der Waals surface area contributed by atoms with Crippen LogP contribution in [0, 0.1) is 5.82 Å². The molecule has 0 heterocycles. The Hall–Kier alpha value is -2.54. The van der Waals surface area contributed by atoms with Gasteiger partial charge in [0, 0.05) is 18.3 Å². The number of nitrogens with one attached hydrogen (secondary N) is 1. The second-order valence-electron chi connectivity index (χ2n) is 8.76. The lowest BCUT2D eigenvalue weighted by atomic mass is 9.95. The molecule has 34 heavy (non-hydrogen) atoms. The molecule has 2 aromatic rings. The second-order valence-corrected chi connectivity index (χ2v) is 9.75. The maximum absolute atomic E-state index is 13.4. The van der Waals surface area contributed by atoms with Crippen molar-refractivity contribution in [2.45, 2.75) is 69.8 Å². The molecule has 0 radical (unpaired) electrons. The molecule has 1 unspecified atom stereocenters. The van der Waals surface area contributed by atoms with Gasteiger partial charge in [-0.3, -0.25) is 9.59 Å². The summed E-state index contributed by atoms with van der Waals surface area (Å²) in [5.41, 5.74) is 1.88. The summed E-state index contributed by atoms with van der Waals surface area (Å²) in [5.74, 6) is 1.13. The molecule has 1 aliphatic carbocycles. The van der Waals surface area contributed by atoms with Crippen molar-refractivity contribution >= 4 is 23.6 Å². The van der Waals surface area contributed by atoms with Crippen molar-refractivity contribution in [3.8, 4) is 5.75 Å². The third-order valence-electron chi connectivity index (χ3n) is 6.23. The van der Waals surface area contributed by atoms with Crippen molar-refractivity contribution in [1.29, 1.82) is 0 Å². The van der Waals surface area contributed by atoms with E-state index >= 15 is 0 Å². The fraction of sp³-hybridized carbons (Fsp3) is 0.481. The van der Waals surface area contributed by atoms with E-state index in [1.807, 2.05) is 31.2 Å². The summed E-state index contributed by atoms with van der Waals surface area (Å²) in [6.45, 7) is 2.28. The van der Waals surface area contributed by atoms with E-state index in [0.29, 0.717) is 18.7 Å². The summed E-state index contributed by atoms with van der Waals surface area (Å²) in [7, 11) is 1.61. The fourth-order valence-electron chi connectivity index (χ4n) is 4.35. The van der Waals surface area contributed by atoms with Gasteiger partial charge in [0.25, 0.3) is 0 Å². The van der Waals surface area contributed by atoms with Gasteiger partial charge in [0.05, 0.1) is 12.9 Å². The van der Waals surface area contributed by atoms with Gasteiger partial charge in [0.2, 0.25) is 11.8 Å². The topological polar surface area (TPSA) is 58.6 Å². The number of nitrogens with zero attached hydrogens (tertiary/aromatic N) is 1. The molecule has 0 spiro atoms. The standard InChI is InChI=1S/C27H35FN2O3S/c1-3-25(27(32)29-23-9-5-4-6-10-23)30(17-21-8-7-11-24(16-21)33-2)26(31)19-34-18-20-12-14-22(28)15-13-20/h7-8,11-16,23,25H,3-6,9-10,17-19H2,1-2H3,(H,29,32). The van der Waals surface area contributed by atoms with Crippen LogP contribution in [-0.4, -0.2) is 41.7 Å². The molecule has 0 aliphatic heterocycles. The third-order valence-corrected chi connectivity index (χ3v) is 7.22. The van der Waals surface area contributed by atoms with Crippen LogP contribution in [0.4, 0.5) is 4.39 Å². The number of benzene rings is 2. The first kappa shape index (κ1) is 26.1. The molecule has 1 aliphatic rings. The molecular formula is C27H35FN2O3S. The molecule has 5 nitrogen and oxygen atoms in total. The Balaban J connectivity index is 1.71. The molecule has 1 atom stereocenters. The molecule has 1 N–H and O–H groups in total. The molecular weight excluding hydrogens is 451 g/mol. The highest BCUT2D eigenvalue weighted by molar-refractivity contribution is 7.99. The Morgan fingerprint density at radius 1 is 1.12 bits per heavy atom. The monoisotopic (exact) mass is 486 g/mol. The van der Waals surface area contributed by atoms with Crippen molar-refractivity contribution in [3.05, 3.63) is 65.5 Å². The molecule has 3 rings (SSSR count). The maximum Gasteiger partial charge on any atom is 0.243 e. The van der Waals surface area contributed by atoms with Crippen LogP contribution in [0.1, 0.15) is 56.6 Å². The zero-order valence-corrected chi connectivity index (χ0v) is 20.9. The average Bonchev–Trinajstić information content (AvgIpc) is 2.85. The quantitative estimate of drug-likeness (QED) is 0.467. The third kappa shape index (κ3) is 7.76. The number of hydrogen-bond acceptors (Lipinski definition) is 4. The first-order valence-electron chi connectivity index (χ1n) is 12.0. The van der Waals surface area contributed by atoms with Gasteiger partial charge in [-0.05, 0) is 54.7 Å². The number of amides is 2. The summed E-state index contributed by atoms with van der Waals surface area (Å²) >= 11 is 1.47. The zero-order valence-electron chi connectivity index (χ0n) is 20.1. The highest BCUT2D eigenvalue weighted by Gasteiger charge is 2.30. The summed E-state index contributed by atoms with van der Waals surface area (Å²) < 4.78 is 18.5. The van der Waals surface area contributed by atoms with Gasteiger partial charge >= 0.3 is 0 Å². The SMILES string of the molecule is CCC(C(=O)NC1CCCCC1)N(Cc1cccc(OC)c1)C(=O)CSCc1ccc(F)cc1. The Morgan fingerprint density at radius 2 is 1.85 bits per heavy atom. The maximum atomic E-state index is 13.4. The minimum atomic E-state index is -0.535. The Morgan fingerprint density at radius 3 is 2.53 bits per heavy atom. The van der Waals surface area contributed by atoms with Crippen LogP contribution in [0.3, 0.4) is 0 Å². The van der Waals surface area contributed by atoms with E-state index < -0.39 is 6.04 Å². The number of hydrogen-bond donors (Lipinski definition) is 1. The lowest BCUT2D eigenvalue weighted by Crippen LogP contribution is -2.52. The minimum absolute atomic E-state index is 0.0748. The van der Waals surface area contributed by atoms with Crippen molar-refractivity contribution in [3.63, 3.8) is 0 Å². The van der Waals surface area contributed by atoms with Gasteiger partial charge in [-0.1, -0.05) is 50.5 Å². The molecule has 1 saturated carbocycles. The van der Waals surface area contributed by atoms with E-state index in [1.165, 1.54) is 30.3 Å². The number of carbonyl (C=O) groups excluding carboxylic acids is 2. The Bertz CT molecular complexity index is 932. The molecule has 0 saturated heterocycles. The summed E-state index contributed by atoms with van der Waals surface area (Å²) in [5, 5.41) is 3.20. The van der Waals surface area contributed by atoms with Crippen molar-refractivity contribution in [2.24, 2.45) is 0 Å². The van der Waals surface area contributed by atoms with E-state index in [0.717, 1.165) is 42.6 Å². The highest BCUT2D eigenvalue weighted by Crippen LogP contribution is 2.21. The summed E-state index contributed by atoms with van der Waals surface area (Å²) in [6, 6.07) is 13.6. The van der Waals surface area contributed by atoms with Crippen LogP contribution >= 0.6 is 11.8 Å². The fourth-order valence-corrected chi connectivity index (χ4v) is 5.22. The minimum Gasteiger partial charge on any atom is -0.497 e. The second kappa shape index (κ2) is 13.4. The Kier molecular flexibility index (Phi) is 10.3. The first-order valence-corrected chi connectivity index (χ1v) is 13.2. The predicted molar refractivity (Wildman–Crippen MR) is 135 cm³/mol. The van der Waals surface area contributed by atoms with E-state index in [2.05, 4.69) is 5.32 Å². The summed E-state index contributed by atoms with van der Waals surface area (Å²) in [6.07, 6.45) is 6.02. The predicted octanol–water partition coefficient (Wildman–Crippen LogP) is 5.32. The van der Waals surface area contributed by atoms with Gasteiger partial charge in [0.15, 0.2) is 0 Å². The van der Waals surface area contributed by atoms with Crippen LogP contribution in [0.15, 0.2) is 48.5 Å². The lowest BCUT2D eigenvalue weighted by molar-refractivity contribution is -0.139. The van der Waals surface area contributed by atoms with Crippen LogP contribution in [-0.2, 0) is 21.9 Å². The molecule has 0 aromatic heterocycles. The van der Waals surface area contributed by atoms with Crippen LogP contribution in [0.5, 0.6) is 5.75 Å². The van der Waals surface area contributed by atoms with E-state index in [1.54, 1.807) is 24.1 Å². The Labute approximate surface area is 206 Å². The van der Waals surface area contributed by atoms with Gasteiger partial charge in [-0.15, -0.1) is 11.8 Å². The van der Waals surface area contributed by atoms with Gasteiger partial charge < -0.3 is 15.0 Å². The number of carbonyl (C=O) groups is 2. The molecule has 0 bridgehead atoms. The van der Waals surface area contributed by atoms with E-state index in [-0.39, 0.29) is 29.4 Å². The number of methoxy groups -OCH3 is 1. The number of ether oxygens (including phenoxy) is 1. The number of rotatable bonds is 11. The molecule has 184 valence electrons. The van der Waals surface area contributed by atoms with Crippen LogP contribution in [0.2, 0.25) is 0 Å². The number of halogens is 1. The normalized spacial score (nSPS) is 14.9. The van der Waals surface area contributed by atoms with Crippen molar-refractivity contribution < 1.29 is 18.7 Å². The van der Waals surface area contributed by atoms with Crippen molar-refractivity contribution in [1.82, 2.24) is 10.2 Å². The molecule has 1 fully saturated rings. The molecule has 2 aromatic carbocycles. The van der Waals surface area contributed by atoms with Gasteiger partial charge in [-0.25, -0.2) is 4.39 Å². The first-order chi connectivity index (χ1) is 16.5. The largest absolute Gasteiger partial charge is 0.497 e.